The average molecular weight is 301 g/mol. The average Bonchev–Trinajstić information content (AvgIpc) is 2.96. The van der Waals surface area contributed by atoms with Crippen molar-refractivity contribution in [1.29, 1.82) is 0 Å². The Kier molecular flexibility index (Phi) is 3.79. The summed E-state index contributed by atoms with van der Waals surface area (Å²) in [5, 5.41) is 8.54. The first-order chi connectivity index (χ1) is 10.2. The molecule has 0 saturated heterocycles. The molecule has 0 spiro atoms. The number of aromatic nitrogens is 2. The summed E-state index contributed by atoms with van der Waals surface area (Å²) < 4.78 is 18.4. The molecule has 5 heteroatoms. The van der Waals surface area contributed by atoms with Gasteiger partial charge in [-0.15, -0.1) is 10.2 Å². The number of hydrogen-bond acceptors (Lipinski definition) is 3. The van der Waals surface area contributed by atoms with E-state index >= 15 is 0 Å². The lowest BCUT2D eigenvalue weighted by molar-refractivity contribution is 0.557. The number of rotatable bonds is 3. The fourth-order valence-corrected chi connectivity index (χ4v) is 1.88. The van der Waals surface area contributed by atoms with Crippen molar-refractivity contribution in [3.05, 3.63) is 70.8 Å². The molecule has 0 aliphatic rings. The summed E-state index contributed by atoms with van der Waals surface area (Å²) in [5.41, 5.74) is 1.65. The topological polar surface area (TPSA) is 38.9 Å². The summed E-state index contributed by atoms with van der Waals surface area (Å²) in [4.78, 5) is 0. The zero-order valence-corrected chi connectivity index (χ0v) is 11.6. The maximum absolute atomic E-state index is 12.9. The van der Waals surface area contributed by atoms with Gasteiger partial charge in [0.1, 0.15) is 5.82 Å². The van der Waals surface area contributed by atoms with Crippen LogP contribution in [0.1, 0.15) is 11.5 Å². The van der Waals surface area contributed by atoms with Gasteiger partial charge in [0.05, 0.1) is 0 Å². The molecule has 0 aliphatic carbocycles. The van der Waals surface area contributed by atoms with Gasteiger partial charge in [-0.05, 0) is 48.0 Å². The van der Waals surface area contributed by atoms with E-state index in [1.165, 1.54) is 12.1 Å². The maximum atomic E-state index is 12.9. The first kappa shape index (κ1) is 13.5. The van der Waals surface area contributed by atoms with E-state index in [1.807, 2.05) is 18.2 Å². The largest absolute Gasteiger partial charge is 0.417 e. The van der Waals surface area contributed by atoms with E-state index < -0.39 is 0 Å². The van der Waals surface area contributed by atoms with E-state index in [9.17, 15) is 4.39 Å². The van der Waals surface area contributed by atoms with Crippen LogP contribution in [0, 0.1) is 5.82 Å². The minimum Gasteiger partial charge on any atom is -0.417 e. The van der Waals surface area contributed by atoms with Gasteiger partial charge in [0, 0.05) is 16.7 Å². The highest BCUT2D eigenvalue weighted by atomic mass is 35.5. The molecular formula is C16H10ClFN2O. The molecule has 104 valence electrons. The smallest absolute Gasteiger partial charge is 0.248 e. The summed E-state index contributed by atoms with van der Waals surface area (Å²) in [6, 6.07) is 13.3. The molecule has 0 bridgehead atoms. The van der Waals surface area contributed by atoms with Crippen LogP contribution in [0.15, 0.2) is 52.9 Å². The third-order valence-electron chi connectivity index (χ3n) is 2.82. The normalized spacial score (nSPS) is 11.1. The summed E-state index contributed by atoms with van der Waals surface area (Å²) in [6.45, 7) is 0. The molecule has 0 saturated carbocycles. The van der Waals surface area contributed by atoms with E-state index in [2.05, 4.69) is 10.2 Å². The molecule has 21 heavy (non-hydrogen) atoms. The Labute approximate surface area is 125 Å². The van der Waals surface area contributed by atoms with Crippen molar-refractivity contribution in [3.8, 4) is 11.5 Å². The minimum atomic E-state index is -0.305. The van der Waals surface area contributed by atoms with Crippen molar-refractivity contribution in [3.63, 3.8) is 0 Å². The Balaban J connectivity index is 1.78. The SMILES string of the molecule is Fc1ccc(-c2nnc(/C=C/c3ccc(Cl)cc3)o2)cc1. The van der Waals surface area contributed by atoms with Crippen molar-refractivity contribution in [2.45, 2.75) is 0 Å². The Morgan fingerprint density at radius 3 is 2.33 bits per heavy atom. The van der Waals surface area contributed by atoms with Crippen LogP contribution in [0.25, 0.3) is 23.6 Å². The quantitative estimate of drug-likeness (QED) is 0.704. The van der Waals surface area contributed by atoms with Crippen molar-refractivity contribution in [1.82, 2.24) is 10.2 Å². The number of halogens is 2. The van der Waals surface area contributed by atoms with Gasteiger partial charge >= 0.3 is 0 Å². The molecule has 0 fully saturated rings. The van der Waals surface area contributed by atoms with Crippen LogP contribution in [0.4, 0.5) is 4.39 Å². The van der Waals surface area contributed by atoms with Gasteiger partial charge in [0.25, 0.3) is 0 Å². The third kappa shape index (κ3) is 3.35. The second kappa shape index (κ2) is 5.89. The second-order valence-electron chi connectivity index (χ2n) is 4.34. The van der Waals surface area contributed by atoms with Gasteiger partial charge in [-0.3, -0.25) is 0 Å². The molecule has 3 nitrogen and oxygen atoms in total. The second-order valence-corrected chi connectivity index (χ2v) is 4.77. The van der Waals surface area contributed by atoms with Crippen molar-refractivity contribution in [2.75, 3.05) is 0 Å². The Hall–Kier alpha value is -2.46. The fraction of sp³-hybridized carbons (Fsp3) is 0. The number of benzene rings is 2. The molecule has 1 heterocycles. The highest BCUT2D eigenvalue weighted by Gasteiger charge is 2.06. The predicted molar refractivity (Wildman–Crippen MR) is 80.1 cm³/mol. The first-order valence-corrected chi connectivity index (χ1v) is 6.61. The lowest BCUT2D eigenvalue weighted by atomic mass is 10.2. The standard InChI is InChI=1S/C16H10ClFN2O/c17-13-6-1-11(2-7-13)3-10-15-19-20-16(21-15)12-4-8-14(18)9-5-12/h1-10H/b10-3+. The van der Waals surface area contributed by atoms with E-state index in [-0.39, 0.29) is 5.82 Å². The predicted octanol–water partition coefficient (Wildman–Crippen LogP) is 4.70. The number of hydrogen-bond donors (Lipinski definition) is 0. The molecule has 0 atom stereocenters. The summed E-state index contributed by atoms with van der Waals surface area (Å²) in [6.07, 6.45) is 3.56. The molecule has 0 amide bonds. The van der Waals surface area contributed by atoms with Crippen LogP contribution in [0.5, 0.6) is 0 Å². The van der Waals surface area contributed by atoms with E-state index in [1.54, 1.807) is 30.3 Å². The molecule has 1 aromatic heterocycles. The van der Waals surface area contributed by atoms with Crippen LogP contribution in [-0.4, -0.2) is 10.2 Å². The minimum absolute atomic E-state index is 0.305. The fourth-order valence-electron chi connectivity index (χ4n) is 1.75. The molecule has 0 aliphatic heterocycles. The molecule has 2 aromatic carbocycles. The van der Waals surface area contributed by atoms with Crippen LogP contribution >= 0.6 is 11.6 Å². The molecule has 0 radical (unpaired) electrons. The number of nitrogens with zero attached hydrogens (tertiary/aromatic N) is 2. The molecule has 0 N–H and O–H groups in total. The Bertz CT molecular complexity index is 764. The zero-order chi connectivity index (χ0) is 14.7. The van der Waals surface area contributed by atoms with Gasteiger partial charge in [-0.1, -0.05) is 23.7 Å². The van der Waals surface area contributed by atoms with Crippen LogP contribution < -0.4 is 0 Å². The Morgan fingerprint density at radius 2 is 1.62 bits per heavy atom. The third-order valence-corrected chi connectivity index (χ3v) is 3.07. The highest BCUT2D eigenvalue weighted by molar-refractivity contribution is 6.30. The van der Waals surface area contributed by atoms with Crippen LogP contribution in [0.3, 0.4) is 0 Å². The van der Waals surface area contributed by atoms with E-state index in [0.717, 1.165) is 5.56 Å². The summed E-state index contributed by atoms with van der Waals surface area (Å²) in [5.74, 6) is 0.427. The lowest BCUT2D eigenvalue weighted by Gasteiger charge is -1.93. The first-order valence-electron chi connectivity index (χ1n) is 6.24. The van der Waals surface area contributed by atoms with Crippen molar-refractivity contribution < 1.29 is 8.81 Å². The van der Waals surface area contributed by atoms with Gasteiger partial charge < -0.3 is 4.42 Å². The lowest BCUT2D eigenvalue weighted by Crippen LogP contribution is -1.78. The monoisotopic (exact) mass is 300 g/mol. The van der Waals surface area contributed by atoms with Crippen molar-refractivity contribution in [2.24, 2.45) is 0 Å². The highest BCUT2D eigenvalue weighted by Crippen LogP contribution is 2.19. The van der Waals surface area contributed by atoms with Crippen molar-refractivity contribution >= 4 is 23.8 Å². The van der Waals surface area contributed by atoms with Gasteiger partial charge in [-0.2, -0.15) is 0 Å². The van der Waals surface area contributed by atoms with E-state index in [4.69, 9.17) is 16.0 Å². The molecule has 3 rings (SSSR count). The Morgan fingerprint density at radius 1 is 0.905 bits per heavy atom. The maximum Gasteiger partial charge on any atom is 0.248 e. The molecule has 0 unspecified atom stereocenters. The van der Waals surface area contributed by atoms with Crippen LogP contribution in [-0.2, 0) is 0 Å². The zero-order valence-electron chi connectivity index (χ0n) is 10.8. The van der Waals surface area contributed by atoms with Gasteiger partial charge in [0.2, 0.25) is 11.8 Å². The van der Waals surface area contributed by atoms with E-state index in [0.29, 0.717) is 22.4 Å². The molecule has 3 aromatic rings. The summed E-state index contributed by atoms with van der Waals surface area (Å²) in [7, 11) is 0. The summed E-state index contributed by atoms with van der Waals surface area (Å²) >= 11 is 5.82. The van der Waals surface area contributed by atoms with Crippen LogP contribution in [0.2, 0.25) is 5.02 Å². The van der Waals surface area contributed by atoms with Gasteiger partial charge in [-0.25, -0.2) is 4.39 Å². The van der Waals surface area contributed by atoms with Gasteiger partial charge in [0.15, 0.2) is 0 Å². The molecular weight excluding hydrogens is 291 g/mol.